The summed E-state index contributed by atoms with van der Waals surface area (Å²) in [6.45, 7) is 5.48. The van der Waals surface area contributed by atoms with Crippen LogP contribution in [0.25, 0.3) is 0 Å². The number of aryl methyl sites for hydroxylation is 1. The van der Waals surface area contributed by atoms with E-state index in [-0.39, 0.29) is 11.3 Å². The van der Waals surface area contributed by atoms with E-state index in [1.165, 1.54) is 7.11 Å². The molecule has 3 rings (SSSR count). The Labute approximate surface area is 167 Å². The van der Waals surface area contributed by atoms with Crippen molar-refractivity contribution in [3.63, 3.8) is 0 Å². The molecule has 1 aromatic heterocycles. The van der Waals surface area contributed by atoms with E-state index >= 15 is 0 Å². The first-order valence-corrected chi connectivity index (χ1v) is 9.22. The standard InChI is InChI=1S/C19H21ClN4O4/c1-13-9-16(10-17(19(25)28-2)18(13)24(26)27)23-7-5-22(6-8-23)12-15-4-3-14(20)11-21-15/h3-4,9-11H,5-8,12H2,1-2H3. The quantitative estimate of drug-likeness (QED) is 0.429. The van der Waals surface area contributed by atoms with Gasteiger partial charge < -0.3 is 9.64 Å². The molecule has 28 heavy (non-hydrogen) atoms. The number of nitro groups is 1. The summed E-state index contributed by atoms with van der Waals surface area (Å²) in [7, 11) is 1.22. The van der Waals surface area contributed by atoms with Crippen molar-refractivity contribution in [1.29, 1.82) is 0 Å². The fourth-order valence-electron chi connectivity index (χ4n) is 3.34. The van der Waals surface area contributed by atoms with E-state index in [0.29, 0.717) is 10.6 Å². The summed E-state index contributed by atoms with van der Waals surface area (Å²) in [4.78, 5) is 31.6. The van der Waals surface area contributed by atoms with Gasteiger partial charge in [-0.2, -0.15) is 0 Å². The molecule has 0 radical (unpaired) electrons. The molecule has 0 N–H and O–H groups in total. The lowest BCUT2D eigenvalue weighted by molar-refractivity contribution is -0.385. The lowest BCUT2D eigenvalue weighted by Crippen LogP contribution is -2.46. The smallest absolute Gasteiger partial charge is 0.344 e. The first-order chi connectivity index (χ1) is 13.4. The van der Waals surface area contributed by atoms with Gasteiger partial charge in [0.2, 0.25) is 0 Å². The van der Waals surface area contributed by atoms with Gasteiger partial charge in [-0.15, -0.1) is 0 Å². The number of halogens is 1. The highest BCUT2D eigenvalue weighted by atomic mass is 35.5. The molecular formula is C19H21ClN4O4. The summed E-state index contributed by atoms with van der Waals surface area (Å²) >= 11 is 5.87. The zero-order chi connectivity index (χ0) is 20.3. The first-order valence-electron chi connectivity index (χ1n) is 8.84. The zero-order valence-corrected chi connectivity index (χ0v) is 16.5. The maximum Gasteiger partial charge on any atom is 0.344 e. The maximum atomic E-state index is 12.0. The molecule has 2 heterocycles. The number of ether oxygens (including phenoxy) is 1. The lowest BCUT2D eigenvalue weighted by Gasteiger charge is -2.36. The maximum absolute atomic E-state index is 12.0. The molecule has 0 atom stereocenters. The second kappa shape index (κ2) is 8.53. The zero-order valence-electron chi connectivity index (χ0n) is 15.7. The van der Waals surface area contributed by atoms with Crippen LogP contribution in [0, 0.1) is 17.0 Å². The van der Waals surface area contributed by atoms with Gasteiger partial charge in [0.15, 0.2) is 0 Å². The van der Waals surface area contributed by atoms with Gasteiger partial charge in [0.25, 0.3) is 5.69 Å². The highest BCUT2D eigenvalue weighted by Crippen LogP contribution is 2.30. The number of esters is 1. The molecule has 2 aromatic rings. The Bertz CT molecular complexity index is 880. The van der Waals surface area contributed by atoms with Crippen molar-refractivity contribution < 1.29 is 14.5 Å². The number of nitro benzene ring substituents is 1. The fraction of sp³-hybridized carbons (Fsp3) is 0.368. The van der Waals surface area contributed by atoms with Crippen molar-refractivity contribution in [2.75, 3.05) is 38.2 Å². The third-order valence-electron chi connectivity index (χ3n) is 4.78. The Kier molecular flexibility index (Phi) is 6.11. The van der Waals surface area contributed by atoms with Crippen LogP contribution in [0.4, 0.5) is 11.4 Å². The minimum Gasteiger partial charge on any atom is -0.465 e. The van der Waals surface area contributed by atoms with Crippen LogP contribution in [0.5, 0.6) is 0 Å². The van der Waals surface area contributed by atoms with Crippen molar-refractivity contribution in [2.24, 2.45) is 0 Å². The second-order valence-electron chi connectivity index (χ2n) is 6.64. The Morgan fingerprint density at radius 3 is 2.57 bits per heavy atom. The molecule has 1 aliphatic rings. The number of hydrogen-bond acceptors (Lipinski definition) is 7. The molecule has 9 heteroatoms. The van der Waals surface area contributed by atoms with Gasteiger partial charge >= 0.3 is 5.97 Å². The van der Waals surface area contributed by atoms with Crippen molar-refractivity contribution in [3.05, 3.63) is 62.4 Å². The van der Waals surface area contributed by atoms with Crippen LogP contribution in [0.2, 0.25) is 5.02 Å². The number of carbonyl (C=O) groups excluding carboxylic acids is 1. The molecule has 148 valence electrons. The largest absolute Gasteiger partial charge is 0.465 e. The third-order valence-corrected chi connectivity index (χ3v) is 5.01. The van der Waals surface area contributed by atoms with Crippen LogP contribution in [0.1, 0.15) is 21.6 Å². The van der Waals surface area contributed by atoms with E-state index in [4.69, 9.17) is 16.3 Å². The van der Waals surface area contributed by atoms with Crippen molar-refractivity contribution in [1.82, 2.24) is 9.88 Å². The fourth-order valence-corrected chi connectivity index (χ4v) is 3.46. The third kappa shape index (κ3) is 4.40. The molecule has 1 aliphatic heterocycles. The predicted octanol–water partition coefficient (Wildman–Crippen LogP) is 3.06. The van der Waals surface area contributed by atoms with Gasteiger partial charge in [-0.05, 0) is 31.2 Å². The van der Waals surface area contributed by atoms with E-state index in [0.717, 1.165) is 44.1 Å². The van der Waals surface area contributed by atoms with Crippen LogP contribution in [0.15, 0.2) is 30.5 Å². The summed E-state index contributed by atoms with van der Waals surface area (Å²) in [6, 6.07) is 7.04. The Hall–Kier alpha value is -2.71. The lowest BCUT2D eigenvalue weighted by atomic mass is 10.1. The molecule has 8 nitrogen and oxygen atoms in total. The molecule has 1 aromatic carbocycles. The van der Waals surface area contributed by atoms with Crippen LogP contribution in [-0.2, 0) is 11.3 Å². The molecule has 0 unspecified atom stereocenters. The average Bonchev–Trinajstić information content (AvgIpc) is 2.68. The van der Waals surface area contributed by atoms with Gasteiger partial charge in [-0.25, -0.2) is 4.79 Å². The highest BCUT2D eigenvalue weighted by molar-refractivity contribution is 6.30. The Balaban J connectivity index is 1.73. The molecule has 0 bridgehead atoms. The van der Waals surface area contributed by atoms with Gasteiger partial charge in [0.05, 0.1) is 22.7 Å². The monoisotopic (exact) mass is 404 g/mol. The Morgan fingerprint density at radius 2 is 2.00 bits per heavy atom. The number of methoxy groups -OCH3 is 1. The van der Waals surface area contributed by atoms with Gasteiger partial charge in [-0.3, -0.25) is 20.0 Å². The number of carbonyl (C=O) groups is 1. The summed E-state index contributed by atoms with van der Waals surface area (Å²) in [5.74, 6) is -0.705. The number of benzene rings is 1. The molecule has 1 saturated heterocycles. The van der Waals surface area contributed by atoms with Crippen LogP contribution in [-0.4, -0.2) is 54.1 Å². The summed E-state index contributed by atoms with van der Waals surface area (Å²) in [5.41, 5.74) is 1.96. The number of nitrogens with zero attached hydrogens (tertiary/aromatic N) is 4. The minimum absolute atomic E-state index is 0.0182. The summed E-state index contributed by atoms with van der Waals surface area (Å²) < 4.78 is 4.73. The second-order valence-corrected chi connectivity index (χ2v) is 7.07. The predicted molar refractivity (Wildman–Crippen MR) is 106 cm³/mol. The number of hydrogen-bond donors (Lipinski definition) is 0. The van der Waals surface area contributed by atoms with Crippen LogP contribution < -0.4 is 4.90 Å². The highest BCUT2D eigenvalue weighted by Gasteiger charge is 2.27. The molecule has 0 aliphatic carbocycles. The van der Waals surface area contributed by atoms with Gasteiger partial charge in [0.1, 0.15) is 5.56 Å². The van der Waals surface area contributed by atoms with Crippen LogP contribution in [0.3, 0.4) is 0 Å². The summed E-state index contributed by atoms with van der Waals surface area (Å²) in [5, 5.41) is 12.0. The van der Waals surface area contributed by atoms with Crippen molar-refractivity contribution >= 4 is 28.9 Å². The molecular weight excluding hydrogens is 384 g/mol. The van der Waals surface area contributed by atoms with Gasteiger partial charge in [0, 0.05) is 50.2 Å². The Morgan fingerprint density at radius 1 is 1.29 bits per heavy atom. The van der Waals surface area contributed by atoms with Crippen molar-refractivity contribution in [2.45, 2.75) is 13.5 Å². The summed E-state index contributed by atoms with van der Waals surface area (Å²) in [6.07, 6.45) is 1.64. The average molecular weight is 405 g/mol. The normalized spacial score (nSPS) is 14.8. The topological polar surface area (TPSA) is 88.8 Å². The van der Waals surface area contributed by atoms with Crippen LogP contribution >= 0.6 is 11.6 Å². The van der Waals surface area contributed by atoms with Crippen molar-refractivity contribution in [3.8, 4) is 0 Å². The SMILES string of the molecule is COC(=O)c1cc(N2CCN(Cc3ccc(Cl)cn3)CC2)cc(C)c1[N+](=O)[O-]. The van der Waals surface area contributed by atoms with E-state index in [1.54, 1.807) is 25.3 Å². The number of pyridine rings is 1. The molecule has 0 amide bonds. The number of rotatable bonds is 5. The van der Waals surface area contributed by atoms with E-state index in [2.05, 4.69) is 14.8 Å². The molecule has 0 spiro atoms. The first kappa shape index (κ1) is 20.0. The van der Waals surface area contributed by atoms with E-state index in [9.17, 15) is 14.9 Å². The molecule has 0 saturated carbocycles. The van der Waals surface area contributed by atoms with Gasteiger partial charge in [-0.1, -0.05) is 11.6 Å². The number of piperazine rings is 1. The number of aromatic nitrogens is 1. The van der Waals surface area contributed by atoms with E-state index in [1.807, 2.05) is 12.1 Å². The van der Waals surface area contributed by atoms with E-state index < -0.39 is 10.9 Å². The molecule has 1 fully saturated rings. The minimum atomic E-state index is -0.705. The number of anilines is 1.